The molecule has 2 N–H and O–H groups in total. The van der Waals surface area contributed by atoms with Gasteiger partial charge < -0.3 is 20.1 Å². The number of hydrogen-bond donors (Lipinski definition) is 2. The fourth-order valence-corrected chi connectivity index (χ4v) is 3.64. The average Bonchev–Trinajstić information content (AvgIpc) is 2.81. The highest BCUT2D eigenvalue weighted by atomic mass is 32.2. The minimum Gasteiger partial charge on any atom is -0.493 e. The van der Waals surface area contributed by atoms with Gasteiger partial charge in [0, 0.05) is 24.1 Å². The molecule has 7 heteroatoms. The lowest BCUT2D eigenvalue weighted by Crippen LogP contribution is -2.24. The molecule has 166 valence electrons. The summed E-state index contributed by atoms with van der Waals surface area (Å²) in [4.78, 5) is 24.3. The number of carbonyl (C=O) groups excluding carboxylic acids is 2. The summed E-state index contributed by atoms with van der Waals surface area (Å²) in [6.45, 7) is 2.32. The van der Waals surface area contributed by atoms with Gasteiger partial charge in [0.2, 0.25) is 11.8 Å². The normalized spacial score (nSPS) is 10.3. The monoisotopic (exact) mass is 450 g/mol. The number of hydrogen-bond acceptors (Lipinski definition) is 5. The van der Waals surface area contributed by atoms with Gasteiger partial charge in [0.25, 0.3) is 0 Å². The molecule has 0 fully saturated rings. The van der Waals surface area contributed by atoms with Crippen LogP contribution in [0.15, 0.2) is 77.7 Å². The van der Waals surface area contributed by atoms with E-state index in [1.807, 2.05) is 72.8 Å². The second kappa shape index (κ2) is 11.8. The highest BCUT2D eigenvalue weighted by Gasteiger charge is 2.08. The van der Waals surface area contributed by atoms with Crippen molar-refractivity contribution in [1.82, 2.24) is 5.32 Å². The summed E-state index contributed by atoms with van der Waals surface area (Å²) in [5.41, 5.74) is 2.73. The van der Waals surface area contributed by atoms with Crippen LogP contribution in [0.5, 0.6) is 11.5 Å². The first-order valence-electron chi connectivity index (χ1n) is 10.1. The first kappa shape index (κ1) is 23.2. The lowest BCUT2D eigenvalue weighted by molar-refractivity contribution is -0.118. The Labute approximate surface area is 192 Å². The number of anilines is 1. The standard InChI is InChI=1S/C25H26N2O4S/c1-18(28)27-21-9-11-22(12-10-21)32-17-25(29)26-15-20-8-13-23(24(14-20)30-2)31-16-19-6-4-3-5-7-19/h3-14H,15-17H2,1-2H3,(H,26,29)(H,27,28). The van der Waals surface area contributed by atoms with Crippen LogP contribution in [-0.2, 0) is 22.7 Å². The zero-order chi connectivity index (χ0) is 22.8. The largest absolute Gasteiger partial charge is 0.493 e. The van der Waals surface area contributed by atoms with E-state index >= 15 is 0 Å². The summed E-state index contributed by atoms with van der Waals surface area (Å²) >= 11 is 1.44. The van der Waals surface area contributed by atoms with Crippen LogP contribution in [-0.4, -0.2) is 24.7 Å². The molecule has 0 spiro atoms. The number of methoxy groups -OCH3 is 1. The van der Waals surface area contributed by atoms with Crippen LogP contribution in [0.3, 0.4) is 0 Å². The summed E-state index contributed by atoms with van der Waals surface area (Å²) in [5, 5.41) is 5.64. The molecule has 0 saturated carbocycles. The van der Waals surface area contributed by atoms with Crippen molar-refractivity contribution in [2.24, 2.45) is 0 Å². The Hall–Kier alpha value is -3.45. The van der Waals surface area contributed by atoms with Crippen LogP contribution in [0.25, 0.3) is 0 Å². The number of rotatable bonds is 10. The van der Waals surface area contributed by atoms with E-state index in [0.29, 0.717) is 30.4 Å². The average molecular weight is 451 g/mol. The third kappa shape index (κ3) is 7.35. The van der Waals surface area contributed by atoms with Gasteiger partial charge in [-0.05, 0) is 47.5 Å². The lowest BCUT2D eigenvalue weighted by atomic mass is 10.2. The van der Waals surface area contributed by atoms with E-state index in [2.05, 4.69) is 10.6 Å². The number of thioether (sulfide) groups is 1. The van der Waals surface area contributed by atoms with Crippen molar-refractivity contribution in [3.8, 4) is 11.5 Å². The molecule has 0 bridgehead atoms. The van der Waals surface area contributed by atoms with Gasteiger partial charge in [-0.3, -0.25) is 9.59 Å². The minimum absolute atomic E-state index is 0.0655. The molecule has 0 atom stereocenters. The first-order valence-corrected chi connectivity index (χ1v) is 11.1. The Morgan fingerprint density at radius 1 is 0.906 bits per heavy atom. The summed E-state index contributed by atoms with van der Waals surface area (Å²) < 4.78 is 11.3. The van der Waals surface area contributed by atoms with E-state index in [4.69, 9.17) is 9.47 Å². The van der Waals surface area contributed by atoms with E-state index in [1.54, 1.807) is 7.11 Å². The summed E-state index contributed by atoms with van der Waals surface area (Å²) in [5.74, 6) is 1.40. The third-order valence-electron chi connectivity index (χ3n) is 4.50. The Kier molecular flexibility index (Phi) is 8.57. The number of nitrogens with one attached hydrogen (secondary N) is 2. The number of benzene rings is 3. The van der Waals surface area contributed by atoms with Crippen molar-refractivity contribution >= 4 is 29.3 Å². The number of carbonyl (C=O) groups is 2. The summed E-state index contributed by atoms with van der Waals surface area (Å²) in [7, 11) is 1.60. The fourth-order valence-electron chi connectivity index (χ4n) is 2.91. The van der Waals surface area contributed by atoms with E-state index in [0.717, 1.165) is 21.7 Å². The molecule has 3 aromatic rings. The zero-order valence-corrected chi connectivity index (χ0v) is 18.9. The van der Waals surface area contributed by atoms with Crippen molar-refractivity contribution in [3.63, 3.8) is 0 Å². The van der Waals surface area contributed by atoms with Gasteiger partial charge in [0.05, 0.1) is 12.9 Å². The Morgan fingerprint density at radius 2 is 1.66 bits per heavy atom. The van der Waals surface area contributed by atoms with Crippen LogP contribution in [0, 0.1) is 0 Å². The molecule has 32 heavy (non-hydrogen) atoms. The van der Waals surface area contributed by atoms with E-state index in [1.165, 1.54) is 18.7 Å². The molecule has 0 aliphatic carbocycles. The summed E-state index contributed by atoms with van der Waals surface area (Å²) in [6, 6.07) is 22.9. The SMILES string of the molecule is COc1cc(CNC(=O)CSc2ccc(NC(C)=O)cc2)ccc1OCc1ccccc1. The van der Waals surface area contributed by atoms with Crippen LogP contribution in [0.4, 0.5) is 5.69 Å². The third-order valence-corrected chi connectivity index (χ3v) is 5.51. The minimum atomic E-state index is -0.114. The van der Waals surface area contributed by atoms with E-state index < -0.39 is 0 Å². The second-order valence-electron chi connectivity index (χ2n) is 7.03. The predicted molar refractivity (Wildman–Crippen MR) is 127 cm³/mol. The summed E-state index contributed by atoms with van der Waals surface area (Å²) in [6.07, 6.45) is 0. The fraction of sp³-hybridized carbons (Fsp3) is 0.200. The molecular formula is C25H26N2O4S. The van der Waals surface area contributed by atoms with Gasteiger partial charge in [-0.2, -0.15) is 0 Å². The highest BCUT2D eigenvalue weighted by molar-refractivity contribution is 8.00. The van der Waals surface area contributed by atoms with Crippen LogP contribution < -0.4 is 20.1 Å². The molecule has 0 aromatic heterocycles. The van der Waals surface area contributed by atoms with Crippen molar-refractivity contribution in [2.75, 3.05) is 18.2 Å². The van der Waals surface area contributed by atoms with E-state index in [9.17, 15) is 9.59 Å². The Morgan fingerprint density at radius 3 is 2.34 bits per heavy atom. The van der Waals surface area contributed by atoms with Crippen LogP contribution in [0.1, 0.15) is 18.1 Å². The second-order valence-corrected chi connectivity index (χ2v) is 8.08. The lowest BCUT2D eigenvalue weighted by Gasteiger charge is -2.13. The maximum Gasteiger partial charge on any atom is 0.230 e. The van der Waals surface area contributed by atoms with Crippen molar-refractivity contribution in [1.29, 1.82) is 0 Å². The quantitative estimate of drug-likeness (QED) is 0.440. The molecule has 0 aliphatic heterocycles. The van der Waals surface area contributed by atoms with Crippen molar-refractivity contribution < 1.29 is 19.1 Å². The first-order chi connectivity index (χ1) is 15.5. The highest BCUT2D eigenvalue weighted by Crippen LogP contribution is 2.29. The molecule has 2 amide bonds. The van der Waals surface area contributed by atoms with Crippen LogP contribution in [0.2, 0.25) is 0 Å². The van der Waals surface area contributed by atoms with Crippen LogP contribution >= 0.6 is 11.8 Å². The number of amides is 2. The molecule has 0 saturated heterocycles. The van der Waals surface area contributed by atoms with Crippen molar-refractivity contribution in [3.05, 3.63) is 83.9 Å². The van der Waals surface area contributed by atoms with Gasteiger partial charge in [-0.15, -0.1) is 11.8 Å². The van der Waals surface area contributed by atoms with Gasteiger partial charge in [-0.25, -0.2) is 0 Å². The molecular weight excluding hydrogens is 424 g/mol. The van der Waals surface area contributed by atoms with Gasteiger partial charge >= 0.3 is 0 Å². The maximum atomic E-state index is 12.2. The number of ether oxygens (including phenoxy) is 2. The Bertz CT molecular complexity index is 1040. The molecule has 3 aromatic carbocycles. The smallest absolute Gasteiger partial charge is 0.230 e. The molecule has 0 radical (unpaired) electrons. The molecule has 6 nitrogen and oxygen atoms in total. The van der Waals surface area contributed by atoms with Crippen molar-refractivity contribution in [2.45, 2.75) is 25.0 Å². The molecule has 0 heterocycles. The molecule has 3 rings (SSSR count). The molecule has 0 unspecified atom stereocenters. The Balaban J connectivity index is 1.47. The predicted octanol–water partition coefficient (Wildman–Crippen LogP) is 4.64. The van der Waals surface area contributed by atoms with Gasteiger partial charge in [0.15, 0.2) is 11.5 Å². The van der Waals surface area contributed by atoms with Gasteiger partial charge in [-0.1, -0.05) is 36.4 Å². The maximum absolute atomic E-state index is 12.2. The molecule has 0 aliphatic rings. The topological polar surface area (TPSA) is 76.7 Å². The van der Waals surface area contributed by atoms with Gasteiger partial charge in [0.1, 0.15) is 6.61 Å². The zero-order valence-electron chi connectivity index (χ0n) is 18.1. The van der Waals surface area contributed by atoms with E-state index in [-0.39, 0.29) is 11.8 Å².